The number of ether oxygens (including phenoxy) is 1. The summed E-state index contributed by atoms with van der Waals surface area (Å²) < 4.78 is 5.37. The van der Waals surface area contributed by atoms with Crippen LogP contribution in [0.25, 0.3) is 11.1 Å². The molecule has 0 aromatic heterocycles. The Morgan fingerprint density at radius 3 is 2.22 bits per heavy atom. The molecule has 32 heavy (non-hydrogen) atoms. The Hall–Kier alpha value is -3.83. The summed E-state index contributed by atoms with van der Waals surface area (Å²) in [6.07, 6.45) is 2.62. The Kier molecular flexibility index (Phi) is 7.47. The third kappa shape index (κ3) is 5.45. The van der Waals surface area contributed by atoms with E-state index in [0.717, 1.165) is 22.3 Å². The fraction of sp³-hybridized carbons (Fsp3) is 0.292. The molecule has 4 N–H and O–H groups in total. The van der Waals surface area contributed by atoms with E-state index in [2.05, 4.69) is 16.6 Å². The summed E-state index contributed by atoms with van der Waals surface area (Å²) in [5, 5.41) is 23.4. The van der Waals surface area contributed by atoms with Crippen LogP contribution in [-0.4, -0.2) is 53.5 Å². The van der Waals surface area contributed by atoms with Crippen molar-refractivity contribution in [1.82, 2.24) is 10.6 Å². The molecule has 1 aliphatic rings. The summed E-state index contributed by atoms with van der Waals surface area (Å²) in [5.74, 6) is 0.0666. The number of benzene rings is 2. The number of carboxylic acid groups (broad SMARTS) is 1. The number of carboxylic acids is 1. The van der Waals surface area contributed by atoms with Gasteiger partial charge in [0, 0.05) is 18.9 Å². The maximum Gasteiger partial charge on any atom is 0.407 e. The molecule has 8 nitrogen and oxygen atoms in total. The number of carbonyl (C=O) groups excluding carboxylic acids is 2. The molecule has 2 amide bonds. The quantitative estimate of drug-likeness (QED) is 0.445. The average Bonchev–Trinajstić information content (AvgIpc) is 3.09. The Morgan fingerprint density at radius 1 is 1.06 bits per heavy atom. The largest absolute Gasteiger partial charge is 0.481 e. The molecule has 3 rings (SSSR count). The predicted octanol–water partition coefficient (Wildman–Crippen LogP) is 1.87. The van der Waals surface area contributed by atoms with E-state index in [1.807, 2.05) is 48.5 Å². The van der Waals surface area contributed by atoms with E-state index in [4.69, 9.17) is 16.3 Å². The summed E-state index contributed by atoms with van der Waals surface area (Å²) in [6.45, 7) is -0.131. The summed E-state index contributed by atoms with van der Waals surface area (Å²) in [7, 11) is 0. The van der Waals surface area contributed by atoms with Crippen molar-refractivity contribution in [2.45, 2.75) is 30.9 Å². The predicted molar refractivity (Wildman–Crippen MR) is 117 cm³/mol. The minimum atomic E-state index is -1.36. The van der Waals surface area contributed by atoms with Crippen molar-refractivity contribution in [3.63, 3.8) is 0 Å². The molecule has 2 atom stereocenters. The van der Waals surface area contributed by atoms with E-state index < -0.39 is 36.5 Å². The lowest BCUT2D eigenvalue weighted by Gasteiger charge is -2.19. The number of alkyl carbamates (subject to hydrolysis) is 1. The Bertz CT molecular complexity index is 999. The molecule has 0 aliphatic heterocycles. The second-order valence-electron chi connectivity index (χ2n) is 7.43. The number of fused-ring (bicyclic) bond motifs is 3. The van der Waals surface area contributed by atoms with Crippen molar-refractivity contribution >= 4 is 18.0 Å². The minimum absolute atomic E-state index is 0.0299. The summed E-state index contributed by atoms with van der Waals surface area (Å²) in [5.41, 5.74) is 4.21. The molecule has 166 valence electrons. The zero-order valence-electron chi connectivity index (χ0n) is 17.3. The van der Waals surface area contributed by atoms with Crippen molar-refractivity contribution in [3.05, 3.63) is 59.7 Å². The van der Waals surface area contributed by atoms with Crippen LogP contribution in [0.5, 0.6) is 0 Å². The van der Waals surface area contributed by atoms with Gasteiger partial charge in [-0.05, 0) is 22.3 Å². The molecule has 0 saturated heterocycles. The number of terminal acetylenes is 1. The van der Waals surface area contributed by atoms with Gasteiger partial charge >= 0.3 is 12.1 Å². The highest BCUT2D eigenvalue weighted by molar-refractivity contribution is 5.89. The second kappa shape index (κ2) is 10.5. The van der Waals surface area contributed by atoms with Gasteiger partial charge in [0.2, 0.25) is 5.91 Å². The van der Waals surface area contributed by atoms with Gasteiger partial charge in [-0.15, -0.1) is 12.3 Å². The minimum Gasteiger partial charge on any atom is -0.481 e. The van der Waals surface area contributed by atoms with Crippen molar-refractivity contribution in [1.29, 1.82) is 0 Å². The molecule has 0 saturated carbocycles. The molecule has 2 unspecified atom stereocenters. The lowest BCUT2D eigenvalue weighted by Crippen LogP contribution is -2.49. The average molecular weight is 436 g/mol. The molecule has 2 aromatic rings. The van der Waals surface area contributed by atoms with Gasteiger partial charge in [-0.2, -0.15) is 0 Å². The van der Waals surface area contributed by atoms with Gasteiger partial charge in [-0.1, -0.05) is 48.5 Å². The monoisotopic (exact) mass is 436 g/mol. The molecular weight excluding hydrogens is 412 g/mol. The molecule has 0 bridgehead atoms. The van der Waals surface area contributed by atoms with Gasteiger partial charge in [-0.25, -0.2) is 4.79 Å². The van der Waals surface area contributed by atoms with Crippen LogP contribution >= 0.6 is 0 Å². The standard InChI is InChI=1S/C24H24N2O6/c1-2-7-15(27)13-25-23(30)21(12-22(28)29)26-24(31)32-14-20-18-10-5-3-8-16(18)17-9-4-6-11-19(17)20/h1,3-6,8-11,15,20-21,27H,7,12-14H2,(H,25,30)(H,26,31)(H,28,29). The molecule has 0 fully saturated rings. The normalized spacial score (nSPS) is 13.8. The van der Waals surface area contributed by atoms with Crippen molar-refractivity contribution in [2.24, 2.45) is 0 Å². The molecule has 0 heterocycles. The molecule has 0 spiro atoms. The fourth-order valence-electron chi connectivity index (χ4n) is 3.72. The van der Waals surface area contributed by atoms with Crippen LogP contribution in [0.1, 0.15) is 29.9 Å². The first-order valence-corrected chi connectivity index (χ1v) is 10.1. The first-order valence-electron chi connectivity index (χ1n) is 10.1. The van der Waals surface area contributed by atoms with E-state index >= 15 is 0 Å². The van der Waals surface area contributed by atoms with E-state index in [1.54, 1.807) is 0 Å². The van der Waals surface area contributed by atoms with Crippen LogP contribution in [0.2, 0.25) is 0 Å². The van der Waals surface area contributed by atoms with Crippen molar-refractivity contribution in [2.75, 3.05) is 13.2 Å². The highest BCUT2D eigenvalue weighted by atomic mass is 16.5. The highest BCUT2D eigenvalue weighted by Gasteiger charge is 2.30. The van der Waals surface area contributed by atoms with Crippen molar-refractivity contribution < 1.29 is 29.3 Å². The smallest absolute Gasteiger partial charge is 0.407 e. The maximum atomic E-state index is 12.4. The van der Waals surface area contributed by atoms with Crippen LogP contribution < -0.4 is 10.6 Å². The summed E-state index contributed by atoms with van der Waals surface area (Å²) in [4.78, 5) is 35.8. The number of nitrogens with one attached hydrogen (secondary N) is 2. The third-order valence-electron chi connectivity index (χ3n) is 5.20. The van der Waals surface area contributed by atoms with Crippen LogP contribution in [0.3, 0.4) is 0 Å². The van der Waals surface area contributed by atoms with Gasteiger partial charge in [0.15, 0.2) is 0 Å². The van der Waals surface area contributed by atoms with Gasteiger partial charge in [0.05, 0.1) is 12.5 Å². The van der Waals surface area contributed by atoms with E-state index in [0.29, 0.717) is 0 Å². The fourth-order valence-corrected chi connectivity index (χ4v) is 3.72. The van der Waals surface area contributed by atoms with Crippen LogP contribution in [-0.2, 0) is 14.3 Å². The van der Waals surface area contributed by atoms with E-state index in [-0.39, 0.29) is 25.5 Å². The van der Waals surface area contributed by atoms with Gasteiger partial charge in [-0.3, -0.25) is 9.59 Å². The molecule has 8 heteroatoms. The number of hydrogen-bond acceptors (Lipinski definition) is 5. The lowest BCUT2D eigenvalue weighted by atomic mass is 9.98. The molecule has 0 radical (unpaired) electrons. The Balaban J connectivity index is 1.62. The second-order valence-corrected chi connectivity index (χ2v) is 7.43. The molecule has 1 aliphatic carbocycles. The number of aliphatic carboxylic acids is 1. The van der Waals surface area contributed by atoms with E-state index in [1.165, 1.54) is 0 Å². The number of hydrogen-bond donors (Lipinski definition) is 4. The van der Waals surface area contributed by atoms with Gasteiger partial charge < -0.3 is 25.6 Å². The van der Waals surface area contributed by atoms with E-state index in [9.17, 15) is 19.5 Å². The zero-order valence-corrected chi connectivity index (χ0v) is 17.3. The Labute approximate surface area is 185 Å². The molecular formula is C24H24N2O6. The van der Waals surface area contributed by atoms with Gasteiger partial charge in [0.25, 0.3) is 0 Å². The first-order chi connectivity index (χ1) is 15.4. The number of carbonyl (C=O) groups is 3. The topological polar surface area (TPSA) is 125 Å². The Morgan fingerprint density at radius 2 is 1.66 bits per heavy atom. The third-order valence-corrected chi connectivity index (χ3v) is 5.20. The number of aliphatic hydroxyl groups is 1. The summed E-state index contributed by atoms with van der Waals surface area (Å²) >= 11 is 0. The van der Waals surface area contributed by atoms with Crippen LogP contribution in [0.15, 0.2) is 48.5 Å². The SMILES string of the molecule is C#CCC(O)CNC(=O)C(CC(=O)O)NC(=O)OCC1c2ccccc2-c2ccccc21. The lowest BCUT2D eigenvalue weighted by molar-refractivity contribution is -0.139. The molecule has 2 aromatic carbocycles. The van der Waals surface area contributed by atoms with Crippen molar-refractivity contribution in [3.8, 4) is 23.5 Å². The maximum absolute atomic E-state index is 12.4. The summed E-state index contributed by atoms with van der Waals surface area (Å²) in [6, 6.07) is 14.3. The zero-order chi connectivity index (χ0) is 23.1. The number of rotatable bonds is 9. The number of aliphatic hydroxyl groups excluding tert-OH is 1. The first kappa shape index (κ1) is 22.8. The van der Waals surface area contributed by atoms with Gasteiger partial charge in [0.1, 0.15) is 12.6 Å². The van der Waals surface area contributed by atoms with Crippen LogP contribution in [0.4, 0.5) is 4.79 Å². The number of amides is 2. The highest BCUT2D eigenvalue weighted by Crippen LogP contribution is 2.44. The van der Waals surface area contributed by atoms with Crippen LogP contribution in [0, 0.1) is 12.3 Å².